The van der Waals surface area contributed by atoms with Crippen LogP contribution in [0.5, 0.6) is 0 Å². The van der Waals surface area contributed by atoms with Crippen LogP contribution in [-0.4, -0.2) is 22.6 Å². The minimum Gasteiger partial charge on any atom is -0.346 e. The predicted octanol–water partition coefficient (Wildman–Crippen LogP) is 2.67. The SMILES string of the molecule is Cc1[nH]c(C2CCC2)nc1CC1CCCCN1. The Kier molecular flexibility index (Phi) is 3.19. The van der Waals surface area contributed by atoms with Gasteiger partial charge in [-0.15, -0.1) is 0 Å². The van der Waals surface area contributed by atoms with Crippen LogP contribution in [0.1, 0.15) is 61.7 Å². The van der Waals surface area contributed by atoms with E-state index in [4.69, 9.17) is 4.98 Å². The molecule has 1 unspecified atom stereocenters. The van der Waals surface area contributed by atoms with E-state index in [1.807, 2.05) is 0 Å². The summed E-state index contributed by atoms with van der Waals surface area (Å²) >= 11 is 0. The highest BCUT2D eigenvalue weighted by Gasteiger charge is 2.24. The Balaban J connectivity index is 1.66. The Morgan fingerprint density at radius 2 is 2.06 bits per heavy atom. The maximum absolute atomic E-state index is 4.83. The van der Waals surface area contributed by atoms with Crippen LogP contribution in [0, 0.1) is 6.92 Å². The fourth-order valence-electron chi connectivity index (χ4n) is 2.93. The molecule has 1 aliphatic carbocycles. The lowest BCUT2D eigenvalue weighted by molar-refractivity contribution is 0.393. The number of hydrogen-bond donors (Lipinski definition) is 2. The van der Waals surface area contributed by atoms with Gasteiger partial charge in [-0.3, -0.25) is 0 Å². The first-order valence-electron chi connectivity index (χ1n) is 7.11. The number of piperidine rings is 1. The van der Waals surface area contributed by atoms with E-state index < -0.39 is 0 Å². The molecule has 0 spiro atoms. The normalized spacial score (nSPS) is 25.8. The Morgan fingerprint density at radius 1 is 1.18 bits per heavy atom. The average molecular weight is 233 g/mol. The molecular weight excluding hydrogens is 210 g/mol. The van der Waals surface area contributed by atoms with Gasteiger partial charge in [0.2, 0.25) is 0 Å². The van der Waals surface area contributed by atoms with Gasteiger partial charge in [0.25, 0.3) is 0 Å². The first-order chi connectivity index (χ1) is 8.33. The first-order valence-corrected chi connectivity index (χ1v) is 7.11. The summed E-state index contributed by atoms with van der Waals surface area (Å²) in [5.41, 5.74) is 2.59. The first kappa shape index (κ1) is 11.3. The van der Waals surface area contributed by atoms with Crippen LogP contribution < -0.4 is 5.32 Å². The third kappa shape index (κ3) is 2.39. The number of aromatic amines is 1. The Bertz CT molecular complexity index is 373. The van der Waals surface area contributed by atoms with Gasteiger partial charge in [-0.05, 0) is 39.2 Å². The van der Waals surface area contributed by atoms with Gasteiger partial charge in [-0.25, -0.2) is 4.98 Å². The van der Waals surface area contributed by atoms with Crippen molar-refractivity contribution in [2.24, 2.45) is 0 Å². The number of imidazole rings is 1. The van der Waals surface area contributed by atoms with Gasteiger partial charge < -0.3 is 10.3 Å². The number of rotatable bonds is 3. The fourth-order valence-corrected chi connectivity index (χ4v) is 2.93. The zero-order chi connectivity index (χ0) is 11.7. The standard InChI is InChI=1S/C14H23N3/c1-10-13(9-12-7-2-3-8-15-12)17-14(16-10)11-5-4-6-11/h11-12,15H,2-9H2,1H3,(H,16,17). The van der Waals surface area contributed by atoms with E-state index in [0.29, 0.717) is 6.04 Å². The molecule has 94 valence electrons. The molecule has 3 heteroatoms. The van der Waals surface area contributed by atoms with Crippen molar-refractivity contribution in [3.8, 4) is 0 Å². The summed E-state index contributed by atoms with van der Waals surface area (Å²) in [6.07, 6.45) is 9.16. The summed E-state index contributed by atoms with van der Waals surface area (Å²) in [7, 11) is 0. The molecule has 2 aliphatic rings. The van der Waals surface area contributed by atoms with E-state index >= 15 is 0 Å². The van der Waals surface area contributed by atoms with E-state index in [1.165, 1.54) is 62.3 Å². The van der Waals surface area contributed by atoms with Crippen molar-refractivity contribution in [2.75, 3.05) is 6.54 Å². The second-order valence-electron chi connectivity index (χ2n) is 5.67. The van der Waals surface area contributed by atoms with E-state index in [1.54, 1.807) is 0 Å². The highest BCUT2D eigenvalue weighted by Crippen LogP contribution is 2.35. The summed E-state index contributed by atoms with van der Waals surface area (Å²) in [5, 5.41) is 3.61. The zero-order valence-corrected chi connectivity index (χ0v) is 10.8. The molecule has 3 rings (SSSR count). The lowest BCUT2D eigenvalue weighted by Crippen LogP contribution is -2.35. The summed E-state index contributed by atoms with van der Waals surface area (Å²) in [5.74, 6) is 1.97. The number of hydrogen-bond acceptors (Lipinski definition) is 2. The highest BCUT2D eigenvalue weighted by molar-refractivity contribution is 5.17. The molecule has 2 N–H and O–H groups in total. The van der Waals surface area contributed by atoms with Gasteiger partial charge in [0.05, 0.1) is 5.69 Å². The molecule has 1 saturated heterocycles. The number of nitrogens with one attached hydrogen (secondary N) is 2. The van der Waals surface area contributed by atoms with Gasteiger partial charge in [-0.2, -0.15) is 0 Å². The summed E-state index contributed by atoms with van der Waals surface area (Å²) < 4.78 is 0. The van der Waals surface area contributed by atoms with E-state index in [2.05, 4.69) is 17.2 Å². The van der Waals surface area contributed by atoms with Crippen LogP contribution in [0.25, 0.3) is 0 Å². The predicted molar refractivity (Wildman–Crippen MR) is 69.3 cm³/mol. The molecule has 17 heavy (non-hydrogen) atoms. The van der Waals surface area contributed by atoms with Crippen LogP contribution in [0.4, 0.5) is 0 Å². The Morgan fingerprint density at radius 3 is 2.71 bits per heavy atom. The van der Waals surface area contributed by atoms with E-state index in [9.17, 15) is 0 Å². The van der Waals surface area contributed by atoms with Gasteiger partial charge in [0, 0.05) is 24.1 Å². The molecule has 0 bridgehead atoms. The van der Waals surface area contributed by atoms with Crippen molar-refractivity contribution in [3.63, 3.8) is 0 Å². The minimum atomic E-state index is 0.653. The number of aromatic nitrogens is 2. The lowest BCUT2D eigenvalue weighted by atomic mass is 9.85. The maximum Gasteiger partial charge on any atom is 0.109 e. The number of aryl methyl sites for hydroxylation is 1. The smallest absolute Gasteiger partial charge is 0.109 e. The quantitative estimate of drug-likeness (QED) is 0.842. The molecule has 0 aromatic carbocycles. The largest absolute Gasteiger partial charge is 0.346 e. The summed E-state index contributed by atoms with van der Waals surface area (Å²) in [6, 6.07) is 0.653. The van der Waals surface area contributed by atoms with Crippen molar-refractivity contribution in [1.82, 2.24) is 15.3 Å². The molecule has 1 saturated carbocycles. The Labute approximate surface area is 103 Å². The third-order valence-corrected chi connectivity index (χ3v) is 4.35. The molecule has 1 aromatic rings. The fraction of sp³-hybridized carbons (Fsp3) is 0.786. The third-order valence-electron chi connectivity index (χ3n) is 4.35. The summed E-state index contributed by atoms with van der Waals surface area (Å²) in [6.45, 7) is 3.36. The topological polar surface area (TPSA) is 40.7 Å². The van der Waals surface area contributed by atoms with Gasteiger partial charge in [0.15, 0.2) is 0 Å². The molecule has 0 amide bonds. The van der Waals surface area contributed by atoms with Crippen LogP contribution in [0.2, 0.25) is 0 Å². The molecule has 1 aromatic heterocycles. The van der Waals surface area contributed by atoms with E-state index in [0.717, 1.165) is 12.3 Å². The van der Waals surface area contributed by atoms with Gasteiger partial charge in [0.1, 0.15) is 5.82 Å². The van der Waals surface area contributed by atoms with E-state index in [-0.39, 0.29) is 0 Å². The van der Waals surface area contributed by atoms with Gasteiger partial charge in [-0.1, -0.05) is 12.8 Å². The monoisotopic (exact) mass is 233 g/mol. The lowest BCUT2D eigenvalue weighted by Gasteiger charge is -2.23. The molecule has 2 fully saturated rings. The molecular formula is C14H23N3. The second-order valence-corrected chi connectivity index (χ2v) is 5.67. The highest BCUT2D eigenvalue weighted by atomic mass is 15.0. The molecule has 3 nitrogen and oxygen atoms in total. The average Bonchev–Trinajstić information content (AvgIpc) is 2.59. The molecule has 2 heterocycles. The molecule has 0 radical (unpaired) electrons. The van der Waals surface area contributed by atoms with Gasteiger partial charge >= 0.3 is 0 Å². The summed E-state index contributed by atoms with van der Waals surface area (Å²) in [4.78, 5) is 8.33. The van der Waals surface area contributed by atoms with Crippen LogP contribution in [0.3, 0.4) is 0 Å². The van der Waals surface area contributed by atoms with Crippen LogP contribution >= 0.6 is 0 Å². The van der Waals surface area contributed by atoms with Crippen molar-refractivity contribution >= 4 is 0 Å². The maximum atomic E-state index is 4.83. The second kappa shape index (κ2) is 4.81. The van der Waals surface area contributed by atoms with Crippen molar-refractivity contribution in [1.29, 1.82) is 0 Å². The molecule has 1 aliphatic heterocycles. The van der Waals surface area contributed by atoms with Crippen LogP contribution in [0.15, 0.2) is 0 Å². The Hall–Kier alpha value is -0.830. The van der Waals surface area contributed by atoms with Crippen molar-refractivity contribution < 1.29 is 0 Å². The van der Waals surface area contributed by atoms with Crippen molar-refractivity contribution in [2.45, 2.75) is 63.8 Å². The van der Waals surface area contributed by atoms with Crippen molar-refractivity contribution in [3.05, 3.63) is 17.2 Å². The molecule has 1 atom stereocenters. The number of H-pyrrole nitrogens is 1. The minimum absolute atomic E-state index is 0.653. The number of nitrogens with zero attached hydrogens (tertiary/aromatic N) is 1. The zero-order valence-electron chi connectivity index (χ0n) is 10.8. The van der Waals surface area contributed by atoms with Crippen LogP contribution in [-0.2, 0) is 6.42 Å².